The Morgan fingerprint density at radius 1 is 0.625 bits per heavy atom. The molecule has 0 aromatic heterocycles. The first-order valence-electron chi connectivity index (χ1n) is 15.3. The molecule has 0 fully saturated rings. The van der Waals surface area contributed by atoms with Crippen LogP contribution in [0.5, 0.6) is 0 Å². The summed E-state index contributed by atoms with van der Waals surface area (Å²) in [5.41, 5.74) is 16.4. The Bertz CT molecular complexity index is 1150. The fourth-order valence-corrected chi connectivity index (χ4v) is 4.15. The van der Waals surface area contributed by atoms with Gasteiger partial charge in [0.25, 0.3) is 0 Å². The number of rotatable bonds is 23. The molecule has 48 heavy (non-hydrogen) atoms. The first-order valence-corrected chi connectivity index (χ1v) is 15.3. The van der Waals surface area contributed by atoms with Gasteiger partial charge in [-0.3, -0.25) is 33.6 Å². The van der Waals surface area contributed by atoms with Crippen molar-refractivity contribution in [2.45, 2.75) is 115 Å². The Labute approximate surface area is 277 Å². The summed E-state index contributed by atoms with van der Waals surface area (Å²) in [4.78, 5) is 99.7. The molecule has 274 valence electrons. The summed E-state index contributed by atoms with van der Waals surface area (Å²) in [6.45, 7) is 5.63. The molecule has 0 aromatic carbocycles. The SMILES string of the molecule is CC(C)[C@H](NC(=O)[C@H](CCC(N)=O)NC(=O)[C@H](CCCCN)NC(=O)[C@H](CC(=O)O)NC(=O)[C@@H](N)[C@@H](C)O)C(=O)N[C@H](C(=O)O)[C@@H](C)O. The van der Waals surface area contributed by atoms with Crippen LogP contribution in [0.3, 0.4) is 0 Å². The van der Waals surface area contributed by atoms with E-state index in [2.05, 4.69) is 26.6 Å². The Hall–Kier alpha value is -4.40. The highest BCUT2D eigenvalue weighted by atomic mass is 16.4. The van der Waals surface area contributed by atoms with Crippen LogP contribution >= 0.6 is 0 Å². The zero-order valence-electron chi connectivity index (χ0n) is 27.4. The number of carbonyl (C=O) groups excluding carboxylic acids is 6. The average Bonchev–Trinajstić information content (AvgIpc) is 2.97. The second kappa shape index (κ2) is 21.5. The van der Waals surface area contributed by atoms with Crippen molar-refractivity contribution < 1.29 is 58.8 Å². The number of nitrogens with one attached hydrogen (secondary N) is 5. The van der Waals surface area contributed by atoms with Crippen LogP contribution in [0.1, 0.15) is 66.2 Å². The quantitative estimate of drug-likeness (QED) is 0.0447. The van der Waals surface area contributed by atoms with Crippen LogP contribution < -0.4 is 43.8 Å². The number of amides is 6. The van der Waals surface area contributed by atoms with E-state index in [1.807, 2.05) is 0 Å². The summed E-state index contributed by atoms with van der Waals surface area (Å²) in [6, 6.07) is -9.21. The van der Waals surface area contributed by atoms with Crippen LogP contribution in [-0.2, 0) is 38.4 Å². The number of hydrogen-bond acceptors (Lipinski definition) is 12. The molecule has 6 amide bonds. The summed E-state index contributed by atoms with van der Waals surface area (Å²) in [5, 5.41) is 49.3. The second-order valence-electron chi connectivity index (χ2n) is 11.6. The van der Waals surface area contributed by atoms with Gasteiger partial charge in [0, 0.05) is 6.42 Å². The zero-order valence-corrected chi connectivity index (χ0v) is 27.4. The minimum atomic E-state index is -1.72. The maximum absolute atomic E-state index is 13.5. The predicted octanol–water partition coefficient (Wildman–Crippen LogP) is -4.89. The molecule has 0 saturated heterocycles. The number of hydrogen-bond donors (Lipinski definition) is 12. The van der Waals surface area contributed by atoms with Crippen molar-refractivity contribution in [1.82, 2.24) is 26.6 Å². The van der Waals surface area contributed by atoms with Crippen LogP contribution in [-0.4, -0.2) is 123 Å². The van der Waals surface area contributed by atoms with Gasteiger partial charge in [0.2, 0.25) is 35.4 Å². The van der Waals surface area contributed by atoms with Crippen LogP contribution in [0.4, 0.5) is 0 Å². The van der Waals surface area contributed by atoms with Gasteiger partial charge >= 0.3 is 11.9 Å². The minimum Gasteiger partial charge on any atom is -0.481 e. The molecule has 0 unspecified atom stereocenters. The van der Waals surface area contributed by atoms with Gasteiger partial charge in [0.1, 0.15) is 30.2 Å². The van der Waals surface area contributed by atoms with Gasteiger partial charge < -0.3 is 64.2 Å². The van der Waals surface area contributed by atoms with Crippen molar-refractivity contribution in [1.29, 1.82) is 0 Å². The summed E-state index contributed by atoms with van der Waals surface area (Å²) < 4.78 is 0. The van der Waals surface area contributed by atoms with Crippen molar-refractivity contribution in [3.05, 3.63) is 0 Å². The molecule has 8 atom stereocenters. The number of primary amides is 1. The lowest BCUT2D eigenvalue weighted by Crippen LogP contribution is -2.61. The number of carboxylic acid groups (broad SMARTS) is 2. The molecule has 20 heteroatoms. The Morgan fingerprint density at radius 2 is 1.10 bits per heavy atom. The van der Waals surface area contributed by atoms with E-state index >= 15 is 0 Å². The number of aliphatic hydroxyl groups is 2. The van der Waals surface area contributed by atoms with E-state index in [0.717, 1.165) is 6.92 Å². The van der Waals surface area contributed by atoms with Crippen LogP contribution in [0.15, 0.2) is 0 Å². The van der Waals surface area contributed by atoms with Crippen molar-refractivity contribution in [2.75, 3.05) is 6.54 Å². The fourth-order valence-electron chi connectivity index (χ4n) is 4.15. The van der Waals surface area contributed by atoms with Gasteiger partial charge in [-0.05, 0) is 52.0 Å². The molecule has 15 N–H and O–H groups in total. The number of unbranched alkanes of at least 4 members (excludes halogenated alkanes) is 1. The lowest BCUT2D eigenvalue weighted by atomic mass is 10.0. The Balaban J connectivity index is 6.21. The highest BCUT2D eigenvalue weighted by Gasteiger charge is 2.35. The summed E-state index contributed by atoms with van der Waals surface area (Å²) in [7, 11) is 0. The molecular formula is C28H50N8O12. The lowest BCUT2D eigenvalue weighted by Gasteiger charge is -2.28. The normalized spacial score (nSPS) is 16.1. The maximum atomic E-state index is 13.5. The molecule has 0 aliphatic heterocycles. The second-order valence-corrected chi connectivity index (χ2v) is 11.6. The molecule has 0 aliphatic rings. The minimum absolute atomic E-state index is 0.0627. The van der Waals surface area contributed by atoms with Gasteiger partial charge in [-0.25, -0.2) is 4.79 Å². The molecule has 0 rings (SSSR count). The van der Waals surface area contributed by atoms with E-state index in [0.29, 0.717) is 6.42 Å². The Morgan fingerprint density at radius 3 is 1.54 bits per heavy atom. The van der Waals surface area contributed by atoms with Crippen molar-refractivity contribution >= 4 is 47.4 Å². The van der Waals surface area contributed by atoms with Gasteiger partial charge in [0.05, 0.1) is 18.6 Å². The fraction of sp³-hybridized carbons (Fsp3) is 0.714. The molecule has 0 heterocycles. The van der Waals surface area contributed by atoms with Crippen LogP contribution in [0.25, 0.3) is 0 Å². The van der Waals surface area contributed by atoms with E-state index in [4.69, 9.17) is 17.2 Å². The number of aliphatic hydroxyl groups excluding tert-OH is 2. The van der Waals surface area contributed by atoms with Gasteiger partial charge in [-0.1, -0.05) is 13.8 Å². The standard InChI is InChI=1S/C28H50N8O12/c1-12(2)21(27(46)36-22(14(4)38)28(47)48)35-24(43)16(8-9-18(30)39)33-23(42)15(7-5-6-10-29)32-25(44)17(11-19(40)41)34-26(45)20(31)13(3)37/h12-17,20-22,37-38H,5-11,29,31H2,1-4H3,(H2,30,39)(H,32,44)(H,33,42)(H,34,45)(H,35,43)(H,36,46)(H,40,41)(H,47,48)/t13-,14-,15+,16+,17+,20+,21+,22+/m1/s1. The van der Waals surface area contributed by atoms with Crippen LogP contribution in [0.2, 0.25) is 0 Å². The summed E-state index contributed by atoms with van der Waals surface area (Å²) in [5.74, 6) is -9.51. The third kappa shape index (κ3) is 15.9. The predicted molar refractivity (Wildman–Crippen MR) is 167 cm³/mol. The van der Waals surface area contributed by atoms with Crippen molar-refractivity contribution in [2.24, 2.45) is 23.1 Å². The summed E-state index contributed by atoms with van der Waals surface area (Å²) in [6.07, 6.45) is -3.88. The first-order chi connectivity index (χ1) is 22.2. The number of nitrogens with two attached hydrogens (primary N) is 3. The number of carboxylic acids is 2. The highest BCUT2D eigenvalue weighted by Crippen LogP contribution is 2.09. The van der Waals surface area contributed by atoms with E-state index < -0.39 is 115 Å². The molecule has 0 aromatic rings. The topological polar surface area (TPSA) is 356 Å². The zero-order chi connectivity index (χ0) is 37.3. The largest absolute Gasteiger partial charge is 0.481 e. The number of aliphatic carboxylic acids is 2. The molecular weight excluding hydrogens is 640 g/mol. The maximum Gasteiger partial charge on any atom is 0.328 e. The third-order valence-corrected chi connectivity index (χ3v) is 7.02. The molecule has 0 bridgehead atoms. The molecule has 0 radical (unpaired) electrons. The van der Waals surface area contributed by atoms with Crippen molar-refractivity contribution in [3.8, 4) is 0 Å². The van der Waals surface area contributed by atoms with E-state index in [-0.39, 0.29) is 25.8 Å². The van der Waals surface area contributed by atoms with Gasteiger partial charge in [-0.15, -0.1) is 0 Å². The van der Waals surface area contributed by atoms with E-state index in [1.165, 1.54) is 20.8 Å². The Kier molecular flexibility index (Phi) is 19.5. The average molecular weight is 691 g/mol. The summed E-state index contributed by atoms with van der Waals surface area (Å²) >= 11 is 0. The van der Waals surface area contributed by atoms with Gasteiger partial charge in [0.15, 0.2) is 6.04 Å². The van der Waals surface area contributed by atoms with E-state index in [1.54, 1.807) is 0 Å². The first kappa shape index (κ1) is 43.6. The monoisotopic (exact) mass is 690 g/mol. The third-order valence-electron chi connectivity index (χ3n) is 7.02. The molecule has 0 saturated carbocycles. The smallest absolute Gasteiger partial charge is 0.328 e. The van der Waals surface area contributed by atoms with Gasteiger partial charge in [-0.2, -0.15) is 0 Å². The molecule has 20 nitrogen and oxygen atoms in total. The molecule has 0 spiro atoms. The van der Waals surface area contributed by atoms with Crippen molar-refractivity contribution in [3.63, 3.8) is 0 Å². The number of carbonyl (C=O) groups is 8. The highest BCUT2D eigenvalue weighted by molar-refractivity contribution is 5.97. The van der Waals surface area contributed by atoms with E-state index in [9.17, 15) is 58.8 Å². The van der Waals surface area contributed by atoms with Crippen LogP contribution in [0, 0.1) is 5.92 Å². The molecule has 0 aliphatic carbocycles. The lowest BCUT2D eigenvalue weighted by molar-refractivity contribution is -0.145.